The van der Waals surface area contributed by atoms with Crippen molar-refractivity contribution >= 4 is 38.6 Å². The van der Waals surface area contributed by atoms with E-state index in [-0.39, 0.29) is 23.9 Å². The van der Waals surface area contributed by atoms with Crippen LogP contribution in [0.5, 0.6) is 0 Å². The highest BCUT2D eigenvalue weighted by Crippen LogP contribution is 2.21. The molecule has 3 aromatic rings. The molecule has 0 atom stereocenters. The number of hydrogen-bond acceptors (Lipinski definition) is 5. The van der Waals surface area contributed by atoms with Gasteiger partial charge in [0.25, 0.3) is 5.91 Å². The van der Waals surface area contributed by atoms with Crippen LogP contribution in [0.2, 0.25) is 5.02 Å². The highest BCUT2D eigenvalue weighted by atomic mass is 35.5. The number of carbonyl (C=O) groups is 1. The van der Waals surface area contributed by atoms with Gasteiger partial charge >= 0.3 is 0 Å². The smallest absolute Gasteiger partial charge is 0.254 e. The molecule has 1 fully saturated rings. The summed E-state index contributed by atoms with van der Waals surface area (Å²) in [6.07, 6.45) is 3.18. The molecular weight excluding hydrogens is 400 g/mol. The van der Waals surface area contributed by atoms with Crippen LogP contribution in [0.15, 0.2) is 59.8 Å². The van der Waals surface area contributed by atoms with Gasteiger partial charge in [0, 0.05) is 49.2 Å². The standard InChI is InChI=1S/C19H17ClN4O3S/c20-15-2-4-16(5-3-15)28(26,27)24-11-9-23(10-12-24)19(25)14-1-6-17-18(13-14)22-8-7-21-17/h1-8,13H,9-12H2. The third-order valence-corrected chi connectivity index (χ3v) is 6.86. The van der Waals surface area contributed by atoms with Gasteiger partial charge in [0.2, 0.25) is 10.0 Å². The van der Waals surface area contributed by atoms with Gasteiger partial charge in [-0.3, -0.25) is 14.8 Å². The Morgan fingerprint density at radius 3 is 2.21 bits per heavy atom. The number of benzene rings is 2. The molecule has 1 saturated heterocycles. The summed E-state index contributed by atoms with van der Waals surface area (Å²) in [4.78, 5) is 23.1. The first-order chi connectivity index (χ1) is 13.4. The quantitative estimate of drug-likeness (QED) is 0.654. The monoisotopic (exact) mass is 416 g/mol. The summed E-state index contributed by atoms with van der Waals surface area (Å²) < 4.78 is 26.9. The molecule has 0 bridgehead atoms. The van der Waals surface area contributed by atoms with Gasteiger partial charge in [0.05, 0.1) is 15.9 Å². The van der Waals surface area contributed by atoms with Gasteiger partial charge in [0.1, 0.15) is 0 Å². The number of amides is 1. The Bertz CT molecular complexity index is 1130. The third-order valence-electron chi connectivity index (χ3n) is 4.69. The van der Waals surface area contributed by atoms with E-state index in [1.165, 1.54) is 16.4 Å². The van der Waals surface area contributed by atoms with Crippen molar-refractivity contribution in [2.45, 2.75) is 4.90 Å². The molecule has 7 nitrogen and oxygen atoms in total. The second kappa shape index (κ2) is 7.46. The van der Waals surface area contributed by atoms with E-state index in [1.807, 2.05) is 0 Å². The minimum absolute atomic E-state index is 0.143. The zero-order valence-corrected chi connectivity index (χ0v) is 16.4. The van der Waals surface area contributed by atoms with Crippen molar-refractivity contribution in [1.82, 2.24) is 19.2 Å². The number of carbonyl (C=O) groups excluding carboxylic acids is 1. The van der Waals surface area contributed by atoms with Crippen LogP contribution in [0.25, 0.3) is 11.0 Å². The van der Waals surface area contributed by atoms with E-state index >= 15 is 0 Å². The minimum Gasteiger partial charge on any atom is -0.336 e. The average Bonchev–Trinajstić information content (AvgIpc) is 2.73. The predicted molar refractivity (Wildman–Crippen MR) is 106 cm³/mol. The van der Waals surface area contributed by atoms with Crippen LogP contribution in [-0.2, 0) is 10.0 Å². The van der Waals surface area contributed by atoms with Crippen molar-refractivity contribution < 1.29 is 13.2 Å². The van der Waals surface area contributed by atoms with Crippen LogP contribution >= 0.6 is 11.6 Å². The summed E-state index contributed by atoms with van der Waals surface area (Å²) in [7, 11) is -3.60. The van der Waals surface area contributed by atoms with Crippen molar-refractivity contribution in [3.63, 3.8) is 0 Å². The fraction of sp³-hybridized carbons (Fsp3) is 0.211. The van der Waals surface area contributed by atoms with Gasteiger partial charge in [-0.1, -0.05) is 11.6 Å². The molecular formula is C19H17ClN4O3S. The molecule has 1 amide bonds. The van der Waals surface area contributed by atoms with Gasteiger partial charge in [0.15, 0.2) is 0 Å². The summed E-state index contributed by atoms with van der Waals surface area (Å²) in [5.41, 5.74) is 1.89. The Morgan fingerprint density at radius 2 is 1.54 bits per heavy atom. The molecule has 0 unspecified atom stereocenters. The first-order valence-electron chi connectivity index (χ1n) is 8.71. The van der Waals surface area contributed by atoms with Gasteiger partial charge in [-0.25, -0.2) is 8.42 Å². The highest BCUT2D eigenvalue weighted by Gasteiger charge is 2.30. The van der Waals surface area contributed by atoms with E-state index in [0.717, 1.165) is 5.52 Å². The maximum Gasteiger partial charge on any atom is 0.254 e. The molecule has 1 aliphatic rings. The second-order valence-corrected chi connectivity index (χ2v) is 8.78. The molecule has 1 aliphatic heterocycles. The number of piperazine rings is 1. The molecule has 0 radical (unpaired) electrons. The Kier molecular flexibility index (Phi) is 5.01. The third kappa shape index (κ3) is 3.58. The molecule has 0 saturated carbocycles. The van der Waals surface area contributed by atoms with Gasteiger partial charge in [-0.2, -0.15) is 4.31 Å². The Hall–Kier alpha value is -2.55. The number of fused-ring (bicyclic) bond motifs is 1. The maximum atomic E-state index is 12.8. The fourth-order valence-corrected chi connectivity index (χ4v) is 4.71. The van der Waals surface area contributed by atoms with Crippen LogP contribution in [0.3, 0.4) is 0 Å². The summed E-state index contributed by atoms with van der Waals surface area (Å²) in [5.74, 6) is -0.143. The topological polar surface area (TPSA) is 83.5 Å². The lowest BCUT2D eigenvalue weighted by Gasteiger charge is -2.34. The number of sulfonamides is 1. The normalized spacial score (nSPS) is 15.7. The van der Waals surface area contributed by atoms with Gasteiger partial charge < -0.3 is 4.90 Å². The van der Waals surface area contributed by atoms with Crippen LogP contribution in [0.4, 0.5) is 0 Å². The van der Waals surface area contributed by atoms with E-state index in [1.54, 1.807) is 47.6 Å². The first-order valence-corrected chi connectivity index (χ1v) is 10.5. The zero-order valence-electron chi connectivity index (χ0n) is 14.8. The summed E-state index contributed by atoms with van der Waals surface area (Å²) in [6, 6.07) is 11.3. The van der Waals surface area contributed by atoms with Crippen molar-refractivity contribution in [3.8, 4) is 0 Å². The number of aromatic nitrogens is 2. The highest BCUT2D eigenvalue weighted by molar-refractivity contribution is 7.89. The van der Waals surface area contributed by atoms with Crippen LogP contribution < -0.4 is 0 Å². The lowest BCUT2D eigenvalue weighted by molar-refractivity contribution is 0.0698. The van der Waals surface area contributed by atoms with E-state index in [0.29, 0.717) is 29.2 Å². The van der Waals surface area contributed by atoms with Crippen LogP contribution in [-0.4, -0.2) is 59.7 Å². The number of rotatable bonds is 3. The van der Waals surface area contributed by atoms with Gasteiger partial charge in [-0.15, -0.1) is 0 Å². The maximum absolute atomic E-state index is 12.8. The van der Waals surface area contributed by atoms with E-state index < -0.39 is 10.0 Å². The van der Waals surface area contributed by atoms with E-state index in [2.05, 4.69) is 9.97 Å². The molecule has 0 N–H and O–H groups in total. The lowest BCUT2D eigenvalue weighted by Crippen LogP contribution is -2.50. The Balaban J connectivity index is 1.47. The summed E-state index contributed by atoms with van der Waals surface area (Å²) >= 11 is 5.84. The fourth-order valence-electron chi connectivity index (χ4n) is 3.17. The minimum atomic E-state index is -3.60. The second-order valence-electron chi connectivity index (χ2n) is 6.41. The van der Waals surface area contributed by atoms with Gasteiger partial charge in [-0.05, 0) is 42.5 Å². The Morgan fingerprint density at radius 1 is 0.893 bits per heavy atom. The molecule has 2 aromatic carbocycles. The lowest BCUT2D eigenvalue weighted by atomic mass is 10.1. The summed E-state index contributed by atoms with van der Waals surface area (Å²) in [5, 5.41) is 0.481. The number of nitrogens with zero attached hydrogens (tertiary/aromatic N) is 4. The zero-order chi connectivity index (χ0) is 19.7. The molecule has 1 aromatic heterocycles. The van der Waals surface area contributed by atoms with Crippen LogP contribution in [0, 0.1) is 0 Å². The summed E-state index contributed by atoms with van der Waals surface area (Å²) in [6.45, 7) is 1.13. The number of halogens is 1. The molecule has 144 valence electrons. The van der Waals surface area contributed by atoms with E-state index in [9.17, 15) is 13.2 Å². The molecule has 4 rings (SSSR count). The molecule has 0 spiro atoms. The van der Waals surface area contributed by atoms with Crippen molar-refractivity contribution in [2.75, 3.05) is 26.2 Å². The number of hydrogen-bond donors (Lipinski definition) is 0. The SMILES string of the molecule is O=C(c1ccc2nccnc2c1)N1CCN(S(=O)(=O)c2ccc(Cl)cc2)CC1. The Labute approximate surface area is 167 Å². The van der Waals surface area contributed by atoms with Crippen molar-refractivity contribution in [3.05, 3.63) is 65.4 Å². The van der Waals surface area contributed by atoms with E-state index in [4.69, 9.17) is 11.6 Å². The molecule has 0 aliphatic carbocycles. The van der Waals surface area contributed by atoms with Crippen molar-refractivity contribution in [2.24, 2.45) is 0 Å². The molecule has 9 heteroatoms. The predicted octanol–water partition coefficient (Wildman–Crippen LogP) is 2.43. The van der Waals surface area contributed by atoms with Crippen LogP contribution in [0.1, 0.15) is 10.4 Å². The molecule has 2 heterocycles. The van der Waals surface area contributed by atoms with Crippen molar-refractivity contribution in [1.29, 1.82) is 0 Å². The largest absolute Gasteiger partial charge is 0.336 e. The first kappa shape index (κ1) is 18.8. The molecule has 28 heavy (non-hydrogen) atoms. The average molecular weight is 417 g/mol.